The van der Waals surface area contributed by atoms with Gasteiger partial charge in [-0.3, -0.25) is 4.79 Å². The lowest BCUT2D eigenvalue weighted by atomic mass is 9.86. The molecule has 0 aliphatic heterocycles. The van der Waals surface area contributed by atoms with Gasteiger partial charge in [-0.05, 0) is 12.8 Å². The van der Waals surface area contributed by atoms with Crippen molar-refractivity contribution < 1.29 is 4.79 Å². The van der Waals surface area contributed by atoms with E-state index in [1.807, 2.05) is 0 Å². The number of carbonyl (C=O) groups is 1. The van der Waals surface area contributed by atoms with Gasteiger partial charge in [0.05, 0.1) is 5.69 Å². The van der Waals surface area contributed by atoms with Gasteiger partial charge in [-0.1, -0.05) is 24.5 Å². The van der Waals surface area contributed by atoms with Gasteiger partial charge in [0.2, 0.25) is 0 Å². The van der Waals surface area contributed by atoms with E-state index >= 15 is 0 Å². The maximum atomic E-state index is 10.9. The van der Waals surface area contributed by atoms with Crippen LogP contribution in [0.2, 0.25) is 0 Å². The van der Waals surface area contributed by atoms with Crippen LogP contribution in [0.25, 0.3) is 0 Å². The minimum Gasteiger partial charge on any atom is -0.296 e. The summed E-state index contributed by atoms with van der Waals surface area (Å²) in [4.78, 5) is 10.9. The zero-order chi connectivity index (χ0) is 9.97. The van der Waals surface area contributed by atoms with Crippen molar-refractivity contribution in [1.29, 1.82) is 0 Å². The molecule has 1 heterocycles. The SMILES string of the molecule is Cn1nnc(C2CCCCC2)c1C=O. The number of aromatic nitrogens is 3. The Labute approximate surface area is 83.3 Å². The fourth-order valence-corrected chi connectivity index (χ4v) is 2.18. The molecule has 1 aliphatic rings. The number of rotatable bonds is 2. The van der Waals surface area contributed by atoms with Gasteiger partial charge in [0.15, 0.2) is 6.29 Å². The van der Waals surface area contributed by atoms with Gasteiger partial charge in [0.25, 0.3) is 0 Å². The van der Waals surface area contributed by atoms with E-state index < -0.39 is 0 Å². The van der Waals surface area contributed by atoms with Crippen molar-refractivity contribution in [3.8, 4) is 0 Å². The second-order valence-electron chi connectivity index (χ2n) is 3.94. The highest BCUT2D eigenvalue weighted by molar-refractivity contribution is 5.73. The van der Waals surface area contributed by atoms with E-state index in [-0.39, 0.29) is 0 Å². The summed E-state index contributed by atoms with van der Waals surface area (Å²) in [5, 5.41) is 7.99. The van der Waals surface area contributed by atoms with Crippen molar-refractivity contribution in [3.63, 3.8) is 0 Å². The number of nitrogens with zero attached hydrogens (tertiary/aromatic N) is 3. The quantitative estimate of drug-likeness (QED) is 0.671. The third-order valence-corrected chi connectivity index (χ3v) is 3.00. The number of hydrogen-bond acceptors (Lipinski definition) is 3. The summed E-state index contributed by atoms with van der Waals surface area (Å²) in [6.45, 7) is 0. The first kappa shape index (κ1) is 9.37. The van der Waals surface area contributed by atoms with E-state index in [0.29, 0.717) is 11.6 Å². The van der Waals surface area contributed by atoms with Crippen LogP contribution in [-0.2, 0) is 7.05 Å². The molecular formula is C10H15N3O. The molecule has 4 heteroatoms. The Hall–Kier alpha value is -1.19. The Kier molecular flexibility index (Phi) is 2.61. The van der Waals surface area contributed by atoms with Crippen molar-refractivity contribution in [2.45, 2.75) is 38.0 Å². The van der Waals surface area contributed by atoms with Crippen molar-refractivity contribution in [1.82, 2.24) is 15.0 Å². The van der Waals surface area contributed by atoms with E-state index in [4.69, 9.17) is 0 Å². The molecule has 0 unspecified atom stereocenters. The van der Waals surface area contributed by atoms with Crippen molar-refractivity contribution in [2.75, 3.05) is 0 Å². The lowest BCUT2D eigenvalue weighted by Gasteiger charge is -2.19. The first-order valence-corrected chi connectivity index (χ1v) is 5.17. The predicted molar refractivity (Wildman–Crippen MR) is 52.2 cm³/mol. The summed E-state index contributed by atoms with van der Waals surface area (Å²) < 4.78 is 1.57. The topological polar surface area (TPSA) is 47.8 Å². The first-order valence-electron chi connectivity index (χ1n) is 5.17. The average molecular weight is 193 g/mol. The second kappa shape index (κ2) is 3.90. The maximum Gasteiger partial charge on any atom is 0.170 e. The molecule has 0 N–H and O–H groups in total. The molecule has 0 radical (unpaired) electrons. The van der Waals surface area contributed by atoms with Gasteiger partial charge < -0.3 is 0 Å². The van der Waals surface area contributed by atoms with E-state index in [0.717, 1.165) is 24.8 Å². The average Bonchev–Trinajstić information content (AvgIpc) is 2.61. The van der Waals surface area contributed by atoms with Crippen LogP contribution in [0.15, 0.2) is 0 Å². The minimum absolute atomic E-state index is 0.456. The summed E-state index contributed by atoms with van der Waals surface area (Å²) in [6.07, 6.45) is 6.98. The van der Waals surface area contributed by atoms with Gasteiger partial charge in [-0.25, -0.2) is 4.68 Å². The molecule has 0 spiro atoms. The summed E-state index contributed by atoms with van der Waals surface area (Å²) in [6, 6.07) is 0. The van der Waals surface area contributed by atoms with Gasteiger partial charge in [-0.2, -0.15) is 0 Å². The lowest BCUT2D eigenvalue weighted by Crippen LogP contribution is -2.08. The van der Waals surface area contributed by atoms with E-state index in [1.165, 1.54) is 19.3 Å². The highest BCUT2D eigenvalue weighted by Gasteiger charge is 2.22. The predicted octanol–water partition coefficient (Wildman–Crippen LogP) is 1.68. The number of carbonyl (C=O) groups excluding carboxylic acids is 1. The lowest BCUT2D eigenvalue weighted by molar-refractivity contribution is 0.111. The van der Waals surface area contributed by atoms with Gasteiger partial charge >= 0.3 is 0 Å². The summed E-state index contributed by atoms with van der Waals surface area (Å²) >= 11 is 0. The molecule has 76 valence electrons. The normalized spacial score (nSPS) is 18.4. The molecule has 1 aromatic heterocycles. The van der Waals surface area contributed by atoms with Crippen LogP contribution in [0.3, 0.4) is 0 Å². The fraction of sp³-hybridized carbons (Fsp3) is 0.700. The monoisotopic (exact) mass is 193 g/mol. The van der Waals surface area contributed by atoms with Gasteiger partial charge in [0, 0.05) is 13.0 Å². The van der Waals surface area contributed by atoms with Gasteiger partial charge in [-0.15, -0.1) is 5.10 Å². The summed E-state index contributed by atoms with van der Waals surface area (Å²) in [5.74, 6) is 0.456. The molecule has 1 aromatic rings. The zero-order valence-corrected chi connectivity index (χ0v) is 8.44. The minimum atomic E-state index is 0.456. The summed E-state index contributed by atoms with van der Waals surface area (Å²) in [7, 11) is 1.77. The van der Waals surface area contributed by atoms with E-state index in [1.54, 1.807) is 11.7 Å². The standard InChI is InChI=1S/C10H15N3O/c1-13-9(7-14)10(11-12-13)8-5-3-2-4-6-8/h7-8H,2-6H2,1H3. The molecule has 1 saturated carbocycles. The molecule has 2 rings (SSSR count). The van der Waals surface area contributed by atoms with E-state index in [9.17, 15) is 4.79 Å². The third-order valence-electron chi connectivity index (χ3n) is 3.00. The maximum absolute atomic E-state index is 10.9. The largest absolute Gasteiger partial charge is 0.296 e. The number of aldehydes is 1. The molecule has 0 saturated heterocycles. The summed E-state index contributed by atoms with van der Waals surface area (Å²) in [5.41, 5.74) is 1.55. The second-order valence-corrected chi connectivity index (χ2v) is 3.94. The third kappa shape index (κ3) is 1.56. The highest BCUT2D eigenvalue weighted by Crippen LogP contribution is 2.32. The Morgan fingerprint density at radius 1 is 1.36 bits per heavy atom. The van der Waals surface area contributed by atoms with Crippen LogP contribution in [0.5, 0.6) is 0 Å². The molecule has 1 fully saturated rings. The Morgan fingerprint density at radius 2 is 2.07 bits per heavy atom. The molecular weight excluding hydrogens is 178 g/mol. The highest BCUT2D eigenvalue weighted by atomic mass is 16.1. The Bertz CT molecular complexity index is 326. The molecule has 14 heavy (non-hydrogen) atoms. The first-order chi connectivity index (χ1) is 6.83. The van der Waals surface area contributed by atoms with Crippen molar-refractivity contribution in [3.05, 3.63) is 11.4 Å². The molecule has 0 aromatic carbocycles. The Morgan fingerprint density at radius 3 is 2.71 bits per heavy atom. The smallest absolute Gasteiger partial charge is 0.170 e. The number of aryl methyl sites for hydroxylation is 1. The van der Waals surface area contributed by atoms with Crippen LogP contribution in [0.4, 0.5) is 0 Å². The van der Waals surface area contributed by atoms with E-state index in [2.05, 4.69) is 10.3 Å². The fourth-order valence-electron chi connectivity index (χ4n) is 2.18. The van der Waals surface area contributed by atoms with Crippen LogP contribution in [0, 0.1) is 0 Å². The molecule has 0 atom stereocenters. The Balaban J connectivity index is 2.25. The van der Waals surface area contributed by atoms with Crippen LogP contribution in [0.1, 0.15) is 54.2 Å². The molecule has 4 nitrogen and oxygen atoms in total. The molecule has 1 aliphatic carbocycles. The number of hydrogen-bond donors (Lipinski definition) is 0. The van der Waals surface area contributed by atoms with Crippen molar-refractivity contribution in [2.24, 2.45) is 7.05 Å². The van der Waals surface area contributed by atoms with Crippen LogP contribution < -0.4 is 0 Å². The van der Waals surface area contributed by atoms with Crippen LogP contribution in [-0.4, -0.2) is 21.3 Å². The van der Waals surface area contributed by atoms with Crippen LogP contribution >= 0.6 is 0 Å². The zero-order valence-electron chi connectivity index (χ0n) is 8.44. The molecule has 0 amide bonds. The molecule has 0 bridgehead atoms. The van der Waals surface area contributed by atoms with Crippen molar-refractivity contribution >= 4 is 6.29 Å². The van der Waals surface area contributed by atoms with Gasteiger partial charge in [0.1, 0.15) is 5.69 Å².